The normalized spacial score (nSPS) is 10.5. The molecule has 0 N–H and O–H groups in total. The van der Waals surface area contributed by atoms with Crippen molar-refractivity contribution in [2.75, 3.05) is 0 Å². The number of halogens is 1. The minimum absolute atomic E-state index is 0.0102. The van der Waals surface area contributed by atoms with Crippen LogP contribution < -0.4 is 0 Å². The minimum atomic E-state index is -0.472. The molecule has 0 atom stereocenters. The van der Waals surface area contributed by atoms with Crippen LogP contribution in [0.15, 0.2) is 24.3 Å². The Morgan fingerprint density at radius 3 is 2.31 bits per heavy atom. The smallest absolute Gasteiger partial charge is 0.245 e. The van der Waals surface area contributed by atoms with Crippen LogP contribution in [0.1, 0.15) is 0 Å². The highest BCUT2D eigenvalue weighted by Crippen LogP contribution is 2.06. The Labute approximate surface area is 79.1 Å². The molecule has 5 heteroatoms. The number of aromatic nitrogens is 3. The molecule has 0 saturated heterocycles. The van der Waals surface area contributed by atoms with E-state index in [4.69, 9.17) is 11.6 Å². The monoisotopic (exact) mass is 195 g/mol. The van der Waals surface area contributed by atoms with Gasteiger partial charge in [0.2, 0.25) is 5.24 Å². The molecular weight excluding hydrogens is 190 g/mol. The third-order valence-electron chi connectivity index (χ3n) is 1.59. The van der Waals surface area contributed by atoms with Crippen LogP contribution in [0.3, 0.4) is 0 Å². The average molecular weight is 196 g/mol. The van der Waals surface area contributed by atoms with Crippen LogP contribution in [0.2, 0.25) is 0 Å². The zero-order chi connectivity index (χ0) is 9.26. The first-order chi connectivity index (χ1) is 6.25. The molecule has 0 amide bonds. The van der Waals surface area contributed by atoms with Gasteiger partial charge in [-0.25, -0.2) is 0 Å². The summed E-state index contributed by atoms with van der Waals surface area (Å²) in [6.45, 7) is 0.0102. The maximum atomic E-state index is 10.6. The van der Waals surface area contributed by atoms with E-state index in [1.165, 1.54) is 4.80 Å². The zero-order valence-electron chi connectivity index (χ0n) is 6.64. The highest BCUT2D eigenvalue weighted by atomic mass is 35.5. The molecule has 0 bridgehead atoms. The summed E-state index contributed by atoms with van der Waals surface area (Å²) in [5.41, 5.74) is 1.53. The highest BCUT2D eigenvalue weighted by molar-refractivity contribution is 6.63. The van der Waals surface area contributed by atoms with Gasteiger partial charge in [-0.1, -0.05) is 12.1 Å². The van der Waals surface area contributed by atoms with Gasteiger partial charge in [-0.05, 0) is 23.7 Å². The van der Waals surface area contributed by atoms with Crippen LogP contribution in [-0.2, 0) is 11.3 Å². The second kappa shape index (κ2) is 3.14. The van der Waals surface area contributed by atoms with Gasteiger partial charge in [-0.3, -0.25) is 4.79 Å². The van der Waals surface area contributed by atoms with Crippen molar-refractivity contribution in [3.05, 3.63) is 24.3 Å². The van der Waals surface area contributed by atoms with Gasteiger partial charge in [-0.15, -0.1) is 0 Å². The second-order valence-corrected chi connectivity index (χ2v) is 3.00. The van der Waals surface area contributed by atoms with Crippen molar-refractivity contribution in [2.24, 2.45) is 0 Å². The molecule has 0 saturated carbocycles. The highest BCUT2D eigenvalue weighted by Gasteiger charge is 2.03. The van der Waals surface area contributed by atoms with Crippen LogP contribution >= 0.6 is 11.6 Å². The fourth-order valence-electron chi connectivity index (χ4n) is 1.09. The predicted molar refractivity (Wildman–Crippen MR) is 48.4 cm³/mol. The lowest BCUT2D eigenvalue weighted by molar-refractivity contribution is -0.112. The molecule has 0 radical (unpaired) electrons. The second-order valence-electron chi connectivity index (χ2n) is 2.57. The van der Waals surface area contributed by atoms with E-state index in [2.05, 4.69) is 10.2 Å². The summed E-state index contributed by atoms with van der Waals surface area (Å²) < 4.78 is 0. The number of fused-ring (bicyclic) bond motifs is 1. The quantitative estimate of drug-likeness (QED) is 0.677. The standard InChI is InChI=1S/C8H6ClN3O/c9-8(13)5-12-10-6-3-1-2-4-7(6)11-12/h1-4H,5H2. The summed E-state index contributed by atoms with van der Waals surface area (Å²) in [5, 5.41) is 7.63. The van der Waals surface area contributed by atoms with Gasteiger partial charge in [0.05, 0.1) is 0 Å². The molecule has 0 aliphatic rings. The number of benzene rings is 1. The third-order valence-corrected chi connectivity index (χ3v) is 1.71. The first-order valence-corrected chi connectivity index (χ1v) is 4.12. The van der Waals surface area contributed by atoms with E-state index < -0.39 is 5.24 Å². The van der Waals surface area contributed by atoms with Gasteiger partial charge in [0.25, 0.3) is 0 Å². The Kier molecular flexibility index (Phi) is 1.98. The molecule has 1 heterocycles. The van der Waals surface area contributed by atoms with Crippen molar-refractivity contribution >= 4 is 27.9 Å². The van der Waals surface area contributed by atoms with Gasteiger partial charge in [0.15, 0.2) is 0 Å². The Hall–Kier alpha value is -1.42. The van der Waals surface area contributed by atoms with E-state index in [9.17, 15) is 4.79 Å². The average Bonchev–Trinajstić information content (AvgIpc) is 2.44. The molecule has 2 rings (SSSR count). The fourth-order valence-corrected chi connectivity index (χ4v) is 1.19. The van der Waals surface area contributed by atoms with E-state index in [1.807, 2.05) is 24.3 Å². The van der Waals surface area contributed by atoms with Gasteiger partial charge >= 0.3 is 0 Å². The molecule has 4 nitrogen and oxygen atoms in total. The molecule has 0 spiro atoms. The molecule has 66 valence electrons. The Balaban J connectivity index is 2.44. The van der Waals surface area contributed by atoms with E-state index in [0.717, 1.165) is 11.0 Å². The number of carbonyl (C=O) groups excluding carboxylic acids is 1. The topological polar surface area (TPSA) is 47.8 Å². The predicted octanol–water partition coefficient (Wildman–Crippen LogP) is 1.20. The molecule has 1 aromatic carbocycles. The van der Waals surface area contributed by atoms with Crippen molar-refractivity contribution < 1.29 is 4.79 Å². The van der Waals surface area contributed by atoms with Crippen molar-refractivity contribution in [3.63, 3.8) is 0 Å². The summed E-state index contributed by atoms with van der Waals surface area (Å²) in [6, 6.07) is 7.39. The maximum absolute atomic E-state index is 10.6. The van der Waals surface area contributed by atoms with Crippen LogP contribution in [-0.4, -0.2) is 20.2 Å². The Morgan fingerprint density at radius 2 is 1.85 bits per heavy atom. The minimum Gasteiger partial charge on any atom is -0.279 e. The molecule has 2 aromatic rings. The Morgan fingerprint density at radius 1 is 1.31 bits per heavy atom. The van der Waals surface area contributed by atoms with E-state index in [-0.39, 0.29) is 6.54 Å². The van der Waals surface area contributed by atoms with E-state index >= 15 is 0 Å². The summed E-state index contributed by atoms with van der Waals surface area (Å²) in [6.07, 6.45) is 0. The summed E-state index contributed by atoms with van der Waals surface area (Å²) in [4.78, 5) is 11.8. The van der Waals surface area contributed by atoms with Crippen LogP contribution in [0.5, 0.6) is 0 Å². The largest absolute Gasteiger partial charge is 0.279 e. The Bertz CT molecular complexity index is 418. The summed E-state index contributed by atoms with van der Waals surface area (Å²) >= 11 is 5.20. The van der Waals surface area contributed by atoms with Crippen molar-refractivity contribution in [1.29, 1.82) is 0 Å². The summed E-state index contributed by atoms with van der Waals surface area (Å²) in [5.74, 6) is 0. The van der Waals surface area contributed by atoms with Crippen molar-refractivity contribution in [3.8, 4) is 0 Å². The first kappa shape index (κ1) is 8.19. The molecular formula is C8H6ClN3O. The number of rotatable bonds is 2. The maximum Gasteiger partial charge on any atom is 0.245 e. The lowest BCUT2D eigenvalue weighted by atomic mass is 10.3. The van der Waals surface area contributed by atoms with Crippen LogP contribution in [0.4, 0.5) is 0 Å². The number of nitrogens with zero attached hydrogens (tertiary/aromatic N) is 3. The van der Waals surface area contributed by atoms with Gasteiger partial charge in [-0.2, -0.15) is 15.0 Å². The summed E-state index contributed by atoms with van der Waals surface area (Å²) in [7, 11) is 0. The third kappa shape index (κ3) is 1.67. The molecule has 1 aromatic heterocycles. The molecule has 13 heavy (non-hydrogen) atoms. The lowest BCUT2D eigenvalue weighted by Gasteiger charge is -1.89. The fraction of sp³-hybridized carbons (Fsp3) is 0.125. The van der Waals surface area contributed by atoms with Crippen LogP contribution in [0, 0.1) is 0 Å². The molecule has 0 unspecified atom stereocenters. The molecule has 0 aliphatic heterocycles. The van der Waals surface area contributed by atoms with Crippen LogP contribution in [0.25, 0.3) is 11.0 Å². The lowest BCUT2D eigenvalue weighted by Crippen LogP contribution is -2.07. The van der Waals surface area contributed by atoms with E-state index in [1.54, 1.807) is 0 Å². The molecule has 0 fully saturated rings. The zero-order valence-corrected chi connectivity index (χ0v) is 7.40. The number of hydrogen-bond acceptors (Lipinski definition) is 3. The van der Waals surface area contributed by atoms with Gasteiger partial charge < -0.3 is 0 Å². The number of hydrogen-bond donors (Lipinski definition) is 0. The SMILES string of the molecule is O=C(Cl)Cn1nc2ccccc2n1. The number of carbonyl (C=O) groups is 1. The van der Waals surface area contributed by atoms with Crippen molar-refractivity contribution in [1.82, 2.24) is 15.0 Å². The van der Waals surface area contributed by atoms with Gasteiger partial charge in [0.1, 0.15) is 17.6 Å². The van der Waals surface area contributed by atoms with Gasteiger partial charge in [0, 0.05) is 0 Å². The van der Waals surface area contributed by atoms with Crippen molar-refractivity contribution in [2.45, 2.75) is 6.54 Å². The van der Waals surface area contributed by atoms with E-state index in [0.29, 0.717) is 0 Å². The first-order valence-electron chi connectivity index (χ1n) is 3.74. The molecule has 0 aliphatic carbocycles.